The van der Waals surface area contributed by atoms with E-state index >= 15 is 0 Å². The van der Waals surface area contributed by atoms with Crippen molar-refractivity contribution in [1.82, 2.24) is 4.90 Å². The number of benzene rings is 1. The monoisotopic (exact) mass is 343 g/mol. The van der Waals surface area contributed by atoms with Gasteiger partial charge in [-0.3, -0.25) is 9.59 Å². The van der Waals surface area contributed by atoms with E-state index in [0.717, 1.165) is 0 Å². The molecular formula is C14H18BrNO4. The highest BCUT2D eigenvalue weighted by Gasteiger charge is 2.20. The topological polar surface area (TPSA) is 55.8 Å². The van der Waals surface area contributed by atoms with Crippen LogP contribution in [-0.2, 0) is 9.53 Å². The van der Waals surface area contributed by atoms with Gasteiger partial charge in [-0.2, -0.15) is 0 Å². The summed E-state index contributed by atoms with van der Waals surface area (Å²) in [5.74, 6) is -0.201. The zero-order chi connectivity index (χ0) is 15.3. The molecule has 0 aromatic heterocycles. The van der Waals surface area contributed by atoms with Gasteiger partial charge in [0.25, 0.3) is 5.91 Å². The van der Waals surface area contributed by atoms with E-state index in [2.05, 4.69) is 20.7 Å². The molecule has 0 heterocycles. The normalized spacial score (nSPS) is 11.7. The molecular weight excluding hydrogens is 326 g/mol. The fraction of sp³-hybridized carbons (Fsp3) is 0.429. The molecule has 0 fully saturated rings. The van der Waals surface area contributed by atoms with E-state index in [-0.39, 0.29) is 17.8 Å². The van der Waals surface area contributed by atoms with E-state index in [4.69, 9.17) is 4.74 Å². The van der Waals surface area contributed by atoms with Gasteiger partial charge >= 0.3 is 5.97 Å². The third-order valence-corrected chi connectivity index (χ3v) is 3.52. The van der Waals surface area contributed by atoms with Crippen LogP contribution in [0.4, 0.5) is 0 Å². The zero-order valence-electron chi connectivity index (χ0n) is 12.0. The van der Waals surface area contributed by atoms with Gasteiger partial charge in [0.05, 0.1) is 24.6 Å². The van der Waals surface area contributed by atoms with Crippen molar-refractivity contribution >= 4 is 27.8 Å². The summed E-state index contributed by atoms with van der Waals surface area (Å²) in [4.78, 5) is 25.1. The number of amides is 1. The van der Waals surface area contributed by atoms with Crippen molar-refractivity contribution in [2.75, 3.05) is 27.8 Å². The Morgan fingerprint density at radius 3 is 2.50 bits per heavy atom. The molecule has 6 heteroatoms. The first-order valence-electron chi connectivity index (χ1n) is 6.07. The maximum absolute atomic E-state index is 12.3. The van der Waals surface area contributed by atoms with Crippen molar-refractivity contribution in [2.24, 2.45) is 5.92 Å². The molecule has 20 heavy (non-hydrogen) atoms. The third kappa shape index (κ3) is 3.96. The molecule has 0 aliphatic carbocycles. The third-order valence-electron chi connectivity index (χ3n) is 2.90. The summed E-state index contributed by atoms with van der Waals surface area (Å²) in [6.45, 7) is 2.02. The van der Waals surface area contributed by atoms with Gasteiger partial charge in [0.1, 0.15) is 5.75 Å². The van der Waals surface area contributed by atoms with E-state index in [9.17, 15) is 9.59 Å². The van der Waals surface area contributed by atoms with E-state index < -0.39 is 0 Å². The molecule has 0 saturated carbocycles. The first kappa shape index (κ1) is 16.5. The van der Waals surface area contributed by atoms with Crippen molar-refractivity contribution in [1.29, 1.82) is 0 Å². The van der Waals surface area contributed by atoms with E-state index in [1.54, 1.807) is 39.3 Å². The van der Waals surface area contributed by atoms with Gasteiger partial charge < -0.3 is 14.4 Å². The SMILES string of the molecule is COC(=O)C(C)CN(C)C(=O)c1ccc(OC)c(Br)c1. The Hall–Kier alpha value is -1.56. The summed E-state index contributed by atoms with van der Waals surface area (Å²) in [7, 11) is 4.55. The maximum atomic E-state index is 12.3. The molecule has 0 bridgehead atoms. The maximum Gasteiger partial charge on any atom is 0.310 e. The van der Waals surface area contributed by atoms with Crippen molar-refractivity contribution in [3.05, 3.63) is 28.2 Å². The number of ether oxygens (including phenoxy) is 2. The minimum Gasteiger partial charge on any atom is -0.496 e. The molecule has 1 aromatic rings. The first-order chi connectivity index (χ1) is 9.40. The van der Waals surface area contributed by atoms with Crippen LogP contribution in [0.1, 0.15) is 17.3 Å². The lowest BCUT2D eigenvalue weighted by molar-refractivity contribution is -0.145. The molecule has 5 nitrogen and oxygen atoms in total. The molecule has 1 aromatic carbocycles. The second-order valence-corrected chi connectivity index (χ2v) is 5.31. The van der Waals surface area contributed by atoms with Gasteiger partial charge in [-0.05, 0) is 34.1 Å². The summed E-state index contributed by atoms with van der Waals surface area (Å²) in [5, 5.41) is 0. The Morgan fingerprint density at radius 1 is 1.35 bits per heavy atom. The lowest BCUT2D eigenvalue weighted by Crippen LogP contribution is -2.34. The fourth-order valence-corrected chi connectivity index (χ4v) is 2.33. The second kappa shape index (κ2) is 7.28. The van der Waals surface area contributed by atoms with E-state index in [0.29, 0.717) is 22.3 Å². The average Bonchev–Trinajstić information content (AvgIpc) is 2.45. The van der Waals surface area contributed by atoms with Gasteiger partial charge in [0, 0.05) is 19.2 Å². The van der Waals surface area contributed by atoms with Crippen molar-refractivity contribution < 1.29 is 19.1 Å². The van der Waals surface area contributed by atoms with Crippen LogP contribution >= 0.6 is 15.9 Å². The number of halogens is 1. The Kier molecular flexibility index (Phi) is 6.01. The molecule has 0 aliphatic heterocycles. The Bertz CT molecular complexity index is 504. The van der Waals surface area contributed by atoms with Gasteiger partial charge in [-0.1, -0.05) is 6.92 Å². The molecule has 0 saturated heterocycles. The number of methoxy groups -OCH3 is 2. The Labute approximate surface area is 127 Å². The van der Waals surface area contributed by atoms with Crippen LogP contribution < -0.4 is 4.74 Å². The van der Waals surface area contributed by atoms with Crippen molar-refractivity contribution in [3.63, 3.8) is 0 Å². The summed E-state index contributed by atoms with van der Waals surface area (Å²) in [6.07, 6.45) is 0. The van der Waals surface area contributed by atoms with Crippen LogP contribution in [-0.4, -0.2) is 44.6 Å². The summed E-state index contributed by atoms with van der Waals surface area (Å²) in [5.41, 5.74) is 0.525. The number of esters is 1. The molecule has 1 unspecified atom stereocenters. The first-order valence-corrected chi connectivity index (χ1v) is 6.86. The highest BCUT2D eigenvalue weighted by Crippen LogP contribution is 2.26. The van der Waals surface area contributed by atoms with Gasteiger partial charge in [-0.15, -0.1) is 0 Å². The molecule has 0 radical (unpaired) electrons. The number of hydrogen-bond acceptors (Lipinski definition) is 4. The van der Waals surface area contributed by atoms with E-state index in [1.165, 1.54) is 12.0 Å². The highest BCUT2D eigenvalue weighted by molar-refractivity contribution is 9.10. The molecule has 110 valence electrons. The van der Waals surface area contributed by atoms with Crippen LogP contribution in [0.2, 0.25) is 0 Å². The summed E-state index contributed by atoms with van der Waals surface area (Å²) >= 11 is 3.34. The highest BCUT2D eigenvalue weighted by atomic mass is 79.9. The van der Waals surface area contributed by atoms with E-state index in [1.807, 2.05) is 0 Å². The van der Waals surface area contributed by atoms with Crippen molar-refractivity contribution in [3.8, 4) is 5.75 Å². The Morgan fingerprint density at radius 2 is 2.00 bits per heavy atom. The molecule has 0 spiro atoms. The van der Waals surface area contributed by atoms with Crippen LogP contribution in [0.25, 0.3) is 0 Å². The number of carbonyl (C=O) groups is 2. The number of carbonyl (C=O) groups excluding carboxylic acids is 2. The minimum absolute atomic E-state index is 0.163. The predicted octanol–water partition coefficient (Wildman–Crippen LogP) is 2.34. The quantitative estimate of drug-likeness (QED) is 0.770. The predicted molar refractivity (Wildman–Crippen MR) is 78.8 cm³/mol. The zero-order valence-corrected chi connectivity index (χ0v) is 13.6. The largest absolute Gasteiger partial charge is 0.496 e. The molecule has 0 N–H and O–H groups in total. The minimum atomic E-state index is -0.365. The van der Waals surface area contributed by atoms with Crippen LogP contribution in [0.5, 0.6) is 5.75 Å². The van der Waals surface area contributed by atoms with Gasteiger partial charge in [0.15, 0.2) is 0 Å². The van der Waals surface area contributed by atoms with Crippen LogP contribution in [0.15, 0.2) is 22.7 Å². The number of nitrogens with zero attached hydrogens (tertiary/aromatic N) is 1. The molecule has 1 amide bonds. The van der Waals surface area contributed by atoms with Crippen molar-refractivity contribution in [2.45, 2.75) is 6.92 Å². The fourth-order valence-electron chi connectivity index (χ4n) is 1.79. The van der Waals surface area contributed by atoms with Gasteiger partial charge in [0.2, 0.25) is 0 Å². The Balaban J connectivity index is 2.79. The molecule has 1 rings (SSSR count). The standard InChI is InChI=1S/C14H18BrNO4/c1-9(14(18)20-4)8-16(2)13(17)10-5-6-12(19-3)11(15)7-10/h5-7,9H,8H2,1-4H3. The van der Waals surface area contributed by atoms with Crippen LogP contribution in [0.3, 0.4) is 0 Å². The number of rotatable bonds is 5. The second-order valence-electron chi connectivity index (χ2n) is 4.46. The average molecular weight is 344 g/mol. The molecule has 1 atom stereocenters. The lowest BCUT2D eigenvalue weighted by atomic mass is 10.1. The smallest absolute Gasteiger partial charge is 0.310 e. The summed E-state index contributed by atoms with van der Waals surface area (Å²) in [6, 6.07) is 5.10. The van der Waals surface area contributed by atoms with Gasteiger partial charge in [-0.25, -0.2) is 0 Å². The van der Waals surface area contributed by atoms with Crippen LogP contribution in [0, 0.1) is 5.92 Å². The lowest BCUT2D eigenvalue weighted by Gasteiger charge is -2.20. The molecule has 0 aliphatic rings. The number of hydrogen-bond donors (Lipinski definition) is 0. The summed E-state index contributed by atoms with van der Waals surface area (Å²) < 4.78 is 10.5.